The molecule has 0 spiro atoms. The van der Waals surface area contributed by atoms with E-state index in [9.17, 15) is 17.6 Å². The van der Waals surface area contributed by atoms with Crippen molar-refractivity contribution in [2.45, 2.75) is 12.5 Å². The number of halogens is 4. The average molecular weight is 314 g/mol. The highest BCUT2D eigenvalue weighted by atomic mass is 19.3. The van der Waals surface area contributed by atoms with Gasteiger partial charge in [0.2, 0.25) is 5.96 Å². The number of guanidine groups is 1. The Bertz CT molecular complexity index is 470. The maximum absolute atomic E-state index is 12.7. The molecule has 118 valence electrons. The molecule has 8 nitrogen and oxygen atoms in total. The van der Waals surface area contributed by atoms with E-state index in [0.29, 0.717) is 0 Å². The fraction of sp³-hybridized carbons (Fsp3) is 0.222. The van der Waals surface area contributed by atoms with E-state index in [1.165, 1.54) is 24.3 Å². The number of rotatable bonds is 4. The molecule has 1 aromatic rings. The molecule has 1 aromatic carbocycles. The Morgan fingerprint density at radius 3 is 2.19 bits per heavy atom. The highest BCUT2D eigenvalue weighted by Crippen LogP contribution is 2.27. The van der Waals surface area contributed by atoms with Crippen LogP contribution in [0.2, 0.25) is 0 Å². The molecule has 0 aliphatic carbocycles. The lowest BCUT2D eigenvalue weighted by Crippen LogP contribution is -2.45. The minimum absolute atomic E-state index is 0.0553. The fourth-order valence-corrected chi connectivity index (χ4v) is 0.966. The van der Waals surface area contributed by atoms with Gasteiger partial charge in [-0.05, 0) is 12.1 Å². The van der Waals surface area contributed by atoms with Gasteiger partial charge in [0.25, 0.3) is 5.09 Å². The normalized spacial score (nSPS) is 10.5. The number of hydroxylamine groups is 1. The lowest BCUT2D eigenvalue weighted by molar-refractivity contribution is -0.742. The number of nitrogens with zero attached hydrogens (tertiary/aromatic N) is 2. The van der Waals surface area contributed by atoms with Crippen LogP contribution in [0.1, 0.15) is 0 Å². The van der Waals surface area contributed by atoms with Gasteiger partial charge in [0.05, 0.1) is 5.69 Å². The van der Waals surface area contributed by atoms with Crippen LogP contribution < -0.4 is 10.8 Å². The van der Waals surface area contributed by atoms with Crippen LogP contribution in [0.5, 0.6) is 0 Å². The van der Waals surface area contributed by atoms with Crippen molar-refractivity contribution in [2.24, 2.45) is 5.73 Å². The summed E-state index contributed by atoms with van der Waals surface area (Å²) in [5.41, 5.74) is 4.93. The number of hydrogen-bond donors (Lipinski definition) is 3. The van der Waals surface area contributed by atoms with Gasteiger partial charge in [-0.2, -0.15) is 18.7 Å². The van der Waals surface area contributed by atoms with Crippen molar-refractivity contribution in [2.75, 3.05) is 5.06 Å². The zero-order valence-electron chi connectivity index (χ0n) is 10.1. The predicted octanol–water partition coefficient (Wildman–Crippen LogP) is 1.83. The summed E-state index contributed by atoms with van der Waals surface area (Å²) in [7, 11) is 0. The van der Waals surface area contributed by atoms with Gasteiger partial charge in [0.15, 0.2) is 0 Å². The maximum Gasteiger partial charge on any atom is 0.437 e. The molecule has 0 saturated heterocycles. The van der Waals surface area contributed by atoms with Gasteiger partial charge < -0.3 is 10.9 Å². The third-order valence-electron chi connectivity index (χ3n) is 1.68. The first kappa shape index (κ1) is 18.4. The number of anilines is 1. The first-order chi connectivity index (χ1) is 9.58. The molecule has 0 radical (unpaired) electrons. The lowest BCUT2D eigenvalue weighted by atomic mass is 10.3. The van der Waals surface area contributed by atoms with Crippen LogP contribution in [-0.4, -0.2) is 28.8 Å². The summed E-state index contributed by atoms with van der Waals surface area (Å²) in [5, 5.41) is 20.8. The zero-order valence-corrected chi connectivity index (χ0v) is 10.1. The Kier molecular flexibility index (Phi) is 6.86. The molecule has 0 aliphatic heterocycles. The number of nitrogens with one attached hydrogen (secondary N) is 1. The molecule has 0 heterocycles. The smallest absolute Gasteiger partial charge is 0.368 e. The predicted molar refractivity (Wildman–Crippen MR) is 61.7 cm³/mol. The third kappa shape index (κ3) is 6.91. The van der Waals surface area contributed by atoms with Crippen LogP contribution in [0.15, 0.2) is 30.3 Å². The second kappa shape index (κ2) is 7.84. The number of para-hydroxylation sites is 1. The molecule has 4 N–H and O–H groups in total. The number of nitrogens with two attached hydrogens (primary N) is 1. The van der Waals surface area contributed by atoms with Crippen LogP contribution >= 0.6 is 0 Å². The number of hydrogen-bond acceptors (Lipinski definition) is 4. The zero-order chi connectivity index (χ0) is 16.6. The van der Waals surface area contributed by atoms with Crippen LogP contribution in [-0.2, 0) is 4.84 Å². The summed E-state index contributed by atoms with van der Waals surface area (Å²) in [6.07, 6.45) is -8.74. The largest absolute Gasteiger partial charge is 0.437 e. The molecule has 21 heavy (non-hydrogen) atoms. The fourth-order valence-electron chi connectivity index (χ4n) is 0.966. The Morgan fingerprint density at radius 1 is 1.43 bits per heavy atom. The highest BCUT2D eigenvalue weighted by Gasteiger charge is 2.45. The molecule has 0 atom stereocenters. The summed E-state index contributed by atoms with van der Waals surface area (Å²) < 4.78 is 49.2. The molecule has 0 aromatic heterocycles. The summed E-state index contributed by atoms with van der Waals surface area (Å²) in [5.74, 6) is -0.934. The van der Waals surface area contributed by atoms with Gasteiger partial charge in [-0.15, -0.1) is 10.1 Å². The molecule has 0 amide bonds. The van der Waals surface area contributed by atoms with E-state index < -0.39 is 23.6 Å². The SMILES string of the molecule is N=C(N)N(OC(F)(F)C(F)F)c1ccccc1.O=[N+]([O-])O. The van der Waals surface area contributed by atoms with Crippen molar-refractivity contribution >= 4 is 11.6 Å². The van der Waals surface area contributed by atoms with E-state index in [1.807, 2.05) is 0 Å². The maximum atomic E-state index is 12.7. The van der Waals surface area contributed by atoms with Crippen LogP contribution in [0, 0.1) is 15.5 Å². The van der Waals surface area contributed by atoms with Crippen molar-refractivity contribution in [1.29, 1.82) is 5.41 Å². The first-order valence-corrected chi connectivity index (χ1v) is 4.95. The van der Waals surface area contributed by atoms with Crippen LogP contribution in [0.25, 0.3) is 0 Å². The topological polar surface area (TPSA) is 126 Å². The van der Waals surface area contributed by atoms with E-state index in [2.05, 4.69) is 4.84 Å². The average Bonchev–Trinajstić information content (AvgIpc) is 2.36. The lowest BCUT2D eigenvalue weighted by Gasteiger charge is -2.26. The Balaban J connectivity index is 0.000000885. The van der Waals surface area contributed by atoms with E-state index >= 15 is 0 Å². The van der Waals surface area contributed by atoms with Gasteiger partial charge in [0.1, 0.15) is 0 Å². The van der Waals surface area contributed by atoms with Crippen molar-refractivity contribution < 1.29 is 32.7 Å². The van der Waals surface area contributed by atoms with Crippen LogP contribution in [0.3, 0.4) is 0 Å². The molecule has 0 unspecified atom stereocenters. The number of benzene rings is 1. The molecule has 0 bridgehead atoms. The van der Waals surface area contributed by atoms with Crippen molar-refractivity contribution in [1.82, 2.24) is 0 Å². The molecular formula is C9H10F4N4O4. The van der Waals surface area contributed by atoms with E-state index in [-0.39, 0.29) is 10.8 Å². The van der Waals surface area contributed by atoms with Gasteiger partial charge in [0, 0.05) is 0 Å². The first-order valence-electron chi connectivity index (χ1n) is 4.95. The monoisotopic (exact) mass is 314 g/mol. The van der Waals surface area contributed by atoms with Gasteiger partial charge >= 0.3 is 12.5 Å². The minimum Gasteiger partial charge on any atom is -0.368 e. The summed E-state index contributed by atoms with van der Waals surface area (Å²) in [6.45, 7) is 0. The minimum atomic E-state index is -4.72. The Labute approximate surface area is 114 Å². The van der Waals surface area contributed by atoms with Crippen LogP contribution in [0.4, 0.5) is 23.2 Å². The Hall–Kier alpha value is -2.63. The molecule has 0 saturated carbocycles. The van der Waals surface area contributed by atoms with Gasteiger partial charge in [-0.25, -0.2) is 8.78 Å². The van der Waals surface area contributed by atoms with Crippen molar-refractivity contribution in [3.63, 3.8) is 0 Å². The van der Waals surface area contributed by atoms with E-state index in [0.717, 1.165) is 0 Å². The van der Waals surface area contributed by atoms with Gasteiger partial charge in [-0.1, -0.05) is 18.2 Å². The van der Waals surface area contributed by atoms with Crippen molar-refractivity contribution in [3.05, 3.63) is 40.4 Å². The molecule has 0 fully saturated rings. The highest BCUT2D eigenvalue weighted by molar-refractivity contribution is 5.90. The third-order valence-corrected chi connectivity index (χ3v) is 1.68. The second-order valence-corrected chi connectivity index (χ2v) is 3.21. The Morgan fingerprint density at radius 2 is 1.86 bits per heavy atom. The standard InChI is InChI=1S/C9H9F4N3O.HNO3/c10-7(11)9(12,13)17-16(8(14)15)6-4-2-1-3-5-6;2-1(3)4/h1-5,7H,(H3,14,15);(H,2,3,4). The second-order valence-electron chi connectivity index (χ2n) is 3.21. The molecule has 12 heteroatoms. The summed E-state index contributed by atoms with van der Waals surface area (Å²) >= 11 is 0. The molecule has 0 aliphatic rings. The summed E-state index contributed by atoms with van der Waals surface area (Å²) in [4.78, 5) is 12.1. The van der Waals surface area contributed by atoms with E-state index in [4.69, 9.17) is 26.5 Å². The number of alkyl halides is 4. The molecule has 1 rings (SSSR count). The quantitative estimate of drug-likeness (QED) is 0.256. The molecular weight excluding hydrogens is 304 g/mol. The van der Waals surface area contributed by atoms with Gasteiger partial charge in [-0.3, -0.25) is 5.41 Å². The van der Waals surface area contributed by atoms with E-state index in [1.54, 1.807) is 6.07 Å². The van der Waals surface area contributed by atoms with Crippen molar-refractivity contribution in [3.8, 4) is 0 Å². The summed E-state index contributed by atoms with van der Waals surface area (Å²) in [6, 6.07) is 7.04.